The number of pyridine rings is 1. The molecule has 0 spiro atoms. The van der Waals surface area contributed by atoms with Crippen molar-refractivity contribution in [2.45, 2.75) is 22.1 Å². The molecule has 4 aromatic heterocycles. The molecule has 11 heteroatoms. The third-order valence-electron chi connectivity index (χ3n) is 4.17. The van der Waals surface area contributed by atoms with Crippen LogP contribution in [0.3, 0.4) is 0 Å². The lowest BCUT2D eigenvalue weighted by Gasteiger charge is -2.13. The van der Waals surface area contributed by atoms with Crippen molar-refractivity contribution in [1.82, 2.24) is 29.9 Å². The molecule has 0 radical (unpaired) electrons. The molecule has 8 nitrogen and oxygen atoms in total. The van der Waals surface area contributed by atoms with Crippen LogP contribution in [0.2, 0.25) is 0 Å². The van der Waals surface area contributed by atoms with Crippen LogP contribution in [0.1, 0.15) is 11.8 Å². The topological polar surface area (TPSA) is 94.6 Å². The monoisotopic (exact) mass is 429 g/mol. The summed E-state index contributed by atoms with van der Waals surface area (Å²) in [6, 6.07) is 8.04. The van der Waals surface area contributed by atoms with Crippen LogP contribution >= 0.6 is 34.9 Å². The van der Waals surface area contributed by atoms with Gasteiger partial charge in [0.05, 0.1) is 18.8 Å². The minimum absolute atomic E-state index is 0.312. The van der Waals surface area contributed by atoms with Gasteiger partial charge in [-0.25, -0.2) is 0 Å². The van der Waals surface area contributed by atoms with Crippen molar-refractivity contribution in [3.8, 4) is 11.4 Å². The van der Waals surface area contributed by atoms with Crippen LogP contribution in [0, 0.1) is 0 Å². The number of hydrogen-bond acceptors (Lipinski definition) is 10. The predicted molar refractivity (Wildman–Crippen MR) is 110 cm³/mol. The van der Waals surface area contributed by atoms with Crippen molar-refractivity contribution < 1.29 is 4.42 Å². The Labute approximate surface area is 173 Å². The summed E-state index contributed by atoms with van der Waals surface area (Å²) in [6.45, 7) is 0.602. The second kappa shape index (κ2) is 7.94. The summed E-state index contributed by atoms with van der Waals surface area (Å²) in [7, 11) is 0. The second-order valence-electron chi connectivity index (χ2n) is 5.99. The summed E-state index contributed by atoms with van der Waals surface area (Å²) in [4.78, 5) is 4.09. The summed E-state index contributed by atoms with van der Waals surface area (Å²) in [5.41, 5.74) is 1.03. The molecule has 1 atom stereocenters. The van der Waals surface area contributed by atoms with Crippen LogP contribution in [0.4, 0.5) is 5.13 Å². The Kier molecular flexibility index (Phi) is 5.02. The van der Waals surface area contributed by atoms with Crippen molar-refractivity contribution in [1.29, 1.82) is 0 Å². The van der Waals surface area contributed by atoms with Gasteiger partial charge < -0.3 is 9.73 Å². The molecule has 1 N–H and O–H groups in total. The zero-order valence-corrected chi connectivity index (χ0v) is 17.0. The average molecular weight is 430 g/mol. The molecule has 1 aliphatic rings. The van der Waals surface area contributed by atoms with Crippen LogP contribution in [-0.4, -0.2) is 41.5 Å². The summed E-state index contributed by atoms with van der Waals surface area (Å²) >= 11 is 5.01. The molecule has 28 heavy (non-hydrogen) atoms. The van der Waals surface area contributed by atoms with Crippen molar-refractivity contribution in [3.63, 3.8) is 0 Å². The van der Waals surface area contributed by atoms with E-state index < -0.39 is 0 Å². The van der Waals surface area contributed by atoms with Gasteiger partial charge in [-0.05, 0) is 24.3 Å². The number of aromatic nitrogens is 6. The van der Waals surface area contributed by atoms with Crippen molar-refractivity contribution >= 4 is 40.0 Å². The van der Waals surface area contributed by atoms with Crippen LogP contribution in [0.15, 0.2) is 56.8 Å². The quantitative estimate of drug-likeness (QED) is 0.440. The minimum Gasteiger partial charge on any atom is -0.467 e. The number of hydrogen-bond donors (Lipinski definition) is 1. The molecular weight excluding hydrogens is 414 g/mol. The van der Waals surface area contributed by atoms with Crippen molar-refractivity contribution in [2.24, 2.45) is 0 Å². The number of nitrogens with zero attached hydrogens (tertiary/aromatic N) is 6. The largest absolute Gasteiger partial charge is 0.467 e. The van der Waals surface area contributed by atoms with Crippen molar-refractivity contribution in [2.75, 3.05) is 16.8 Å². The van der Waals surface area contributed by atoms with E-state index in [0.29, 0.717) is 12.6 Å². The fourth-order valence-corrected chi connectivity index (χ4v) is 5.93. The minimum atomic E-state index is 0.312. The fourth-order valence-electron chi connectivity index (χ4n) is 2.85. The molecule has 0 bridgehead atoms. The summed E-state index contributed by atoms with van der Waals surface area (Å²) < 4.78 is 8.49. The molecule has 142 valence electrons. The molecule has 0 fully saturated rings. The SMILES string of the molecule is c1coc(CNc2nnc(SCC3CSc4nnc(-c5ccncc5)n43)s2)c1. The fraction of sp³-hybridized carbons (Fsp3) is 0.235. The molecule has 0 saturated heterocycles. The highest BCUT2D eigenvalue weighted by molar-refractivity contribution is 8.01. The van der Waals surface area contributed by atoms with E-state index in [1.807, 2.05) is 24.3 Å². The van der Waals surface area contributed by atoms with E-state index in [1.165, 1.54) is 0 Å². The number of nitrogens with one attached hydrogen (secondary N) is 1. The number of anilines is 1. The normalized spacial score (nSPS) is 15.6. The molecule has 0 saturated carbocycles. The maximum atomic E-state index is 5.32. The highest BCUT2D eigenvalue weighted by atomic mass is 32.2. The van der Waals surface area contributed by atoms with E-state index in [-0.39, 0.29) is 0 Å². The van der Waals surface area contributed by atoms with Crippen LogP contribution in [0.25, 0.3) is 11.4 Å². The van der Waals surface area contributed by atoms with Gasteiger partial charge in [0.1, 0.15) is 5.76 Å². The van der Waals surface area contributed by atoms with Crippen LogP contribution < -0.4 is 5.32 Å². The van der Waals surface area contributed by atoms with Gasteiger partial charge in [0.2, 0.25) is 5.13 Å². The number of fused-ring (bicyclic) bond motifs is 1. The molecule has 0 amide bonds. The first-order valence-electron chi connectivity index (χ1n) is 8.57. The van der Waals surface area contributed by atoms with Gasteiger partial charge in [0, 0.05) is 29.5 Å². The number of rotatable bonds is 7. The first kappa shape index (κ1) is 17.7. The first-order valence-corrected chi connectivity index (χ1v) is 11.4. The van der Waals surface area contributed by atoms with E-state index in [9.17, 15) is 0 Å². The van der Waals surface area contributed by atoms with E-state index in [0.717, 1.165) is 43.3 Å². The zero-order valence-electron chi connectivity index (χ0n) is 14.6. The Morgan fingerprint density at radius 1 is 1.18 bits per heavy atom. The summed E-state index contributed by atoms with van der Waals surface area (Å²) in [5.74, 6) is 3.64. The third kappa shape index (κ3) is 3.64. The average Bonchev–Trinajstić information content (AvgIpc) is 3.51. The Morgan fingerprint density at radius 3 is 2.96 bits per heavy atom. The molecule has 1 unspecified atom stereocenters. The number of furan rings is 1. The molecule has 1 aliphatic heterocycles. The zero-order chi connectivity index (χ0) is 18.8. The van der Waals surface area contributed by atoms with Crippen LogP contribution in [-0.2, 0) is 6.54 Å². The Morgan fingerprint density at radius 2 is 2.11 bits per heavy atom. The first-order chi connectivity index (χ1) is 13.9. The second-order valence-corrected chi connectivity index (χ2v) is 9.23. The lowest BCUT2D eigenvalue weighted by atomic mass is 10.2. The maximum Gasteiger partial charge on any atom is 0.206 e. The predicted octanol–water partition coefficient (Wildman–Crippen LogP) is 3.84. The molecular formula is C17H15N7OS3. The molecule has 0 aliphatic carbocycles. The van der Waals surface area contributed by atoms with Gasteiger partial charge in [-0.1, -0.05) is 34.9 Å². The highest BCUT2D eigenvalue weighted by Gasteiger charge is 2.28. The van der Waals surface area contributed by atoms with Gasteiger partial charge in [-0.3, -0.25) is 9.55 Å². The molecule has 0 aromatic carbocycles. The Bertz CT molecular complexity index is 1050. The Balaban J connectivity index is 1.24. The molecule has 5 heterocycles. The maximum absolute atomic E-state index is 5.32. The van der Waals surface area contributed by atoms with E-state index in [1.54, 1.807) is 53.5 Å². The van der Waals surface area contributed by atoms with Gasteiger partial charge in [-0.15, -0.1) is 20.4 Å². The lowest BCUT2D eigenvalue weighted by Crippen LogP contribution is -2.11. The van der Waals surface area contributed by atoms with E-state index in [2.05, 4.69) is 35.3 Å². The standard InChI is InChI=1S/C17H15N7OS3/c1-2-13(25-7-1)8-19-15-21-23-17(28-15)27-10-12-9-26-16-22-20-14(24(12)16)11-3-5-18-6-4-11/h1-7,12H,8-10H2,(H,19,21). The van der Waals surface area contributed by atoms with E-state index in [4.69, 9.17) is 4.42 Å². The highest BCUT2D eigenvalue weighted by Crippen LogP contribution is 2.39. The van der Waals surface area contributed by atoms with Crippen LogP contribution in [0.5, 0.6) is 0 Å². The van der Waals surface area contributed by atoms with Gasteiger partial charge in [0.15, 0.2) is 15.3 Å². The summed E-state index contributed by atoms with van der Waals surface area (Å²) in [6.07, 6.45) is 5.22. The van der Waals surface area contributed by atoms with Crippen molar-refractivity contribution in [3.05, 3.63) is 48.7 Å². The number of thioether (sulfide) groups is 2. The molecule has 4 aromatic rings. The van der Waals surface area contributed by atoms with Gasteiger partial charge in [0.25, 0.3) is 0 Å². The summed E-state index contributed by atoms with van der Waals surface area (Å²) in [5, 5.41) is 22.2. The third-order valence-corrected chi connectivity index (χ3v) is 7.42. The van der Waals surface area contributed by atoms with Gasteiger partial charge >= 0.3 is 0 Å². The smallest absolute Gasteiger partial charge is 0.206 e. The lowest BCUT2D eigenvalue weighted by molar-refractivity contribution is 0.518. The Hall–Kier alpha value is -2.37. The molecule has 5 rings (SSSR count). The van der Waals surface area contributed by atoms with Gasteiger partial charge in [-0.2, -0.15) is 0 Å². The van der Waals surface area contributed by atoms with E-state index >= 15 is 0 Å².